The Kier molecular flexibility index (Phi) is 7.34. The second kappa shape index (κ2) is 9.74. The first-order valence-corrected chi connectivity index (χ1v) is 14.8. The van der Waals surface area contributed by atoms with E-state index < -0.39 is 25.4 Å². The van der Waals surface area contributed by atoms with E-state index in [0.717, 1.165) is 36.1 Å². The zero-order valence-corrected chi connectivity index (χ0v) is 23.6. The molecule has 5 rings (SSSR count). The number of hydrogen-bond donors (Lipinski definition) is 2. The summed E-state index contributed by atoms with van der Waals surface area (Å²) >= 11 is 0. The molecule has 5 atom stereocenters. The number of hydrogen-bond acceptors (Lipinski definition) is 8. The normalized spacial score (nSPS) is 29.5. The third-order valence-corrected chi connectivity index (χ3v) is 7.69. The molecule has 1 aromatic carbocycles. The predicted octanol–water partition coefficient (Wildman–Crippen LogP) is 4.88. The van der Waals surface area contributed by atoms with Crippen LogP contribution in [0.15, 0.2) is 23.4 Å². The van der Waals surface area contributed by atoms with Crippen molar-refractivity contribution in [2.45, 2.75) is 49.9 Å². The molecule has 4 aliphatic rings. The van der Waals surface area contributed by atoms with Gasteiger partial charge in [0.25, 0.3) is 0 Å². The quantitative estimate of drug-likeness (QED) is 0.0949. The van der Waals surface area contributed by atoms with Crippen LogP contribution in [0.1, 0.15) is 36.5 Å². The number of halogens is 6. The molecular formula is C25H31F6N4O5P. The summed E-state index contributed by atoms with van der Waals surface area (Å²) < 4.78 is 72.7. The van der Waals surface area contributed by atoms with Crippen LogP contribution < -0.4 is 4.74 Å². The number of aromatic hydroxyl groups is 1. The molecule has 228 valence electrons. The number of nitrogens with zero attached hydrogens (tertiary/aromatic N) is 4. The molecule has 1 saturated heterocycles. The van der Waals surface area contributed by atoms with Gasteiger partial charge in [0.15, 0.2) is 11.5 Å². The summed E-state index contributed by atoms with van der Waals surface area (Å²) in [7, 11) is -4.83. The van der Waals surface area contributed by atoms with E-state index in [4.69, 9.17) is 19.6 Å². The number of phenolic OH excluding ortho intramolecular Hbond substituents is 1. The van der Waals surface area contributed by atoms with Gasteiger partial charge in [0, 0.05) is 29.0 Å². The predicted molar refractivity (Wildman–Crippen MR) is 138 cm³/mol. The van der Waals surface area contributed by atoms with Crippen molar-refractivity contribution in [3.05, 3.63) is 34.9 Å². The van der Waals surface area contributed by atoms with Gasteiger partial charge >= 0.3 is 38.9 Å². The van der Waals surface area contributed by atoms with Crippen LogP contribution in [0.2, 0.25) is 0 Å². The molecule has 1 spiro atoms. The summed E-state index contributed by atoms with van der Waals surface area (Å²) in [4.78, 5) is 8.24. The number of likely N-dealkylation sites (tertiary alicyclic amines) is 1. The molecular weight excluding hydrogens is 581 g/mol. The van der Waals surface area contributed by atoms with Crippen molar-refractivity contribution >= 4 is 19.6 Å². The Bertz CT molecular complexity index is 1360. The Balaban J connectivity index is 0.000000493. The topological polar surface area (TPSA) is 111 Å². The zero-order chi connectivity index (χ0) is 30.6. The van der Waals surface area contributed by atoms with Crippen LogP contribution in [-0.4, -0.2) is 84.0 Å². The van der Waals surface area contributed by atoms with E-state index >= 15 is 0 Å². The minimum absolute atomic E-state index is 0.00571. The number of aliphatic hydroxyl groups is 1. The molecule has 0 aromatic heterocycles. The molecule has 2 aliphatic heterocycles. The van der Waals surface area contributed by atoms with E-state index in [0.29, 0.717) is 18.3 Å². The van der Waals surface area contributed by atoms with Crippen LogP contribution in [0.4, 0.5) is 25.2 Å². The number of benzene rings is 1. The van der Waals surface area contributed by atoms with E-state index in [2.05, 4.69) is 23.2 Å². The molecule has 2 bridgehead atoms. The van der Waals surface area contributed by atoms with Gasteiger partial charge in [-0.1, -0.05) is 12.2 Å². The maximum atomic E-state index is 11.1. The molecule has 2 aliphatic carbocycles. The summed E-state index contributed by atoms with van der Waals surface area (Å²) in [6.07, 6.45) is 4.38. The standard InChI is InChI=1S/C25H30N4O5.F6P/c1-5-32-20(8-10-26)27-34-24(28(2)3)15-13-19(31)22-21-14(15)12-17-16-6-7-18(30)23(33-22)25(16,21)9-11-29(17)4;1-7(2,3,4,5)6/h6-7,13,16-18,23,30H,5,8-9,11-12H2,1-4H3;/q;-1/p+1/t16-,17+,18-,23-,25-;/m0./s1. The summed E-state index contributed by atoms with van der Waals surface area (Å²) in [5.74, 6) is 1.32. The molecule has 16 heteroatoms. The van der Waals surface area contributed by atoms with E-state index in [9.17, 15) is 35.4 Å². The summed E-state index contributed by atoms with van der Waals surface area (Å²) in [6, 6.07) is 3.92. The fourth-order valence-corrected chi connectivity index (χ4v) is 6.32. The van der Waals surface area contributed by atoms with Gasteiger partial charge in [-0.3, -0.25) is 4.84 Å². The van der Waals surface area contributed by atoms with Crippen LogP contribution in [0.3, 0.4) is 0 Å². The monoisotopic (exact) mass is 612 g/mol. The van der Waals surface area contributed by atoms with Crippen LogP contribution >= 0.6 is 7.81 Å². The van der Waals surface area contributed by atoms with Crippen molar-refractivity contribution in [1.29, 1.82) is 5.26 Å². The molecule has 0 saturated carbocycles. The van der Waals surface area contributed by atoms with Crippen LogP contribution in [0.25, 0.3) is 0 Å². The number of ether oxygens (including phenoxy) is 2. The fourth-order valence-electron chi connectivity index (χ4n) is 6.32. The average molecular weight is 613 g/mol. The van der Waals surface area contributed by atoms with Crippen molar-refractivity contribution in [3.8, 4) is 17.6 Å². The molecule has 0 unspecified atom stereocenters. The molecule has 1 fully saturated rings. The van der Waals surface area contributed by atoms with Crippen LogP contribution in [0, 0.1) is 17.2 Å². The summed E-state index contributed by atoms with van der Waals surface area (Å²) in [6.45, 7) is 3.08. The zero-order valence-electron chi connectivity index (χ0n) is 22.7. The first-order valence-electron chi connectivity index (χ1n) is 12.8. The van der Waals surface area contributed by atoms with Gasteiger partial charge in [0.2, 0.25) is 5.90 Å². The molecule has 9 nitrogen and oxygen atoms in total. The van der Waals surface area contributed by atoms with Crippen molar-refractivity contribution in [3.63, 3.8) is 0 Å². The first-order chi connectivity index (χ1) is 18.8. The molecule has 1 aromatic rings. The Morgan fingerprint density at radius 3 is 2.51 bits per heavy atom. The Labute approximate surface area is 232 Å². The van der Waals surface area contributed by atoms with Crippen molar-refractivity contribution in [2.24, 2.45) is 11.1 Å². The molecule has 41 heavy (non-hydrogen) atoms. The molecule has 2 heterocycles. The summed E-state index contributed by atoms with van der Waals surface area (Å²) in [5.41, 5.74) is 2.35. The van der Waals surface area contributed by atoms with Crippen LogP contribution in [-0.2, 0) is 21.4 Å². The van der Waals surface area contributed by atoms with Gasteiger partial charge in [0.1, 0.15) is 32.7 Å². The Morgan fingerprint density at radius 2 is 1.93 bits per heavy atom. The van der Waals surface area contributed by atoms with Gasteiger partial charge in [-0.2, -0.15) is 5.26 Å². The first kappa shape index (κ1) is 30.9. The second-order valence-corrected chi connectivity index (χ2v) is 12.5. The van der Waals surface area contributed by atoms with Crippen molar-refractivity contribution < 1.29 is 54.3 Å². The van der Waals surface area contributed by atoms with Crippen molar-refractivity contribution in [1.82, 2.24) is 4.90 Å². The number of piperidine rings is 1. The van der Waals surface area contributed by atoms with Gasteiger partial charge in [0.05, 0.1) is 18.2 Å². The van der Waals surface area contributed by atoms with E-state index in [1.54, 1.807) is 10.6 Å². The summed E-state index contributed by atoms with van der Waals surface area (Å²) in [5, 5.41) is 35.1. The molecule has 0 radical (unpaired) electrons. The van der Waals surface area contributed by atoms with E-state index in [1.165, 1.54) is 0 Å². The molecule has 0 amide bonds. The Hall–Kier alpha value is -3.08. The van der Waals surface area contributed by atoms with Gasteiger partial charge < -0.3 is 24.6 Å². The van der Waals surface area contributed by atoms with Crippen molar-refractivity contribution in [2.75, 3.05) is 34.3 Å². The third-order valence-electron chi connectivity index (χ3n) is 7.69. The minimum atomic E-state index is -10.7. The van der Waals surface area contributed by atoms with E-state index in [1.807, 2.05) is 33.2 Å². The number of likely N-dealkylation sites (N-methyl/N-ethyl adjacent to an activating group) is 1. The number of oxime groups is 1. The number of phenols is 1. The number of rotatable bonds is 4. The molecule has 2 N–H and O–H groups in total. The maximum absolute atomic E-state index is 11.1. The van der Waals surface area contributed by atoms with Gasteiger partial charge in [-0.15, -0.1) is 0 Å². The van der Waals surface area contributed by atoms with E-state index in [-0.39, 0.29) is 30.0 Å². The van der Waals surface area contributed by atoms with Crippen LogP contribution in [0.5, 0.6) is 11.5 Å². The SMILES string of the molecule is CCOC(CC#N)=NOC(c1cc(O)c2c3c1C[C@@H]1[C@@H]4C=C[C@H](O)[C@H](O2)[C@]34CCN1C)=[N+](C)C.F[P-](F)(F)(F)(F)F. The fraction of sp³-hybridized carbons (Fsp3) is 0.560. The Morgan fingerprint density at radius 1 is 1.27 bits per heavy atom. The van der Waals surface area contributed by atoms with Gasteiger partial charge in [-0.25, -0.2) is 4.58 Å². The second-order valence-electron chi connectivity index (χ2n) is 10.6. The average Bonchev–Trinajstić information content (AvgIpc) is 3.18. The number of nitriles is 1. The third kappa shape index (κ3) is 6.24. The number of aliphatic hydroxyl groups excluding tert-OH is 1. The van der Waals surface area contributed by atoms with Gasteiger partial charge in [-0.05, 0) is 44.1 Å².